The van der Waals surface area contributed by atoms with Crippen molar-refractivity contribution in [3.8, 4) is 56.4 Å². The number of nitrogens with zero attached hydrogens (tertiary/aromatic N) is 4. The molecular formula is C55H36N4O. The van der Waals surface area contributed by atoms with Crippen molar-refractivity contribution < 1.29 is 4.42 Å². The summed E-state index contributed by atoms with van der Waals surface area (Å²) in [5.41, 5.74) is 11.9. The van der Waals surface area contributed by atoms with E-state index in [1.165, 1.54) is 0 Å². The van der Waals surface area contributed by atoms with E-state index in [1.807, 2.05) is 60.7 Å². The van der Waals surface area contributed by atoms with Gasteiger partial charge in [0.1, 0.15) is 11.2 Å². The van der Waals surface area contributed by atoms with E-state index in [-0.39, 0.29) is 0 Å². The minimum absolute atomic E-state index is 0.583. The molecule has 0 N–H and O–H groups in total. The van der Waals surface area contributed by atoms with Gasteiger partial charge in [0.05, 0.1) is 0 Å². The topological polar surface area (TPSA) is 55.1 Å². The molecule has 11 rings (SSSR count). The first-order valence-electron chi connectivity index (χ1n) is 20.1. The molecule has 0 atom stereocenters. The Morgan fingerprint density at radius 3 is 1.47 bits per heavy atom. The first kappa shape index (κ1) is 35.0. The van der Waals surface area contributed by atoms with Crippen LogP contribution >= 0.6 is 0 Å². The fraction of sp³-hybridized carbons (Fsp3) is 0. The fourth-order valence-corrected chi connectivity index (χ4v) is 8.24. The average molecular weight is 769 g/mol. The third kappa shape index (κ3) is 6.35. The van der Waals surface area contributed by atoms with Gasteiger partial charge in [-0.15, -0.1) is 0 Å². The third-order valence-corrected chi connectivity index (χ3v) is 11.1. The van der Waals surface area contributed by atoms with Gasteiger partial charge in [-0.3, -0.25) is 0 Å². The largest absolute Gasteiger partial charge is 0.455 e. The average Bonchev–Trinajstić information content (AvgIpc) is 3.73. The Morgan fingerprint density at radius 2 is 0.817 bits per heavy atom. The van der Waals surface area contributed by atoms with Crippen molar-refractivity contribution in [1.29, 1.82) is 0 Å². The molecule has 0 bridgehead atoms. The number of aromatic nitrogens is 3. The maximum atomic E-state index is 6.93. The zero-order valence-electron chi connectivity index (χ0n) is 32.5. The number of rotatable bonds is 8. The summed E-state index contributed by atoms with van der Waals surface area (Å²) in [7, 11) is 0. The Morgan fingerprint density at radius 1 is 0.333 bits per heavy atom. The third-order valence-electron chi connectivity index (χ3n) is 11.1. The highest BCUT2D eigenvalue weighted by Crippen LogP contribution is 2.45. The number of furan rings is 1. The molecule has 0 aliphatic heterocycles. The minimum atomic E-state index is 0.583. The minimum Gasteiger partial charge on any atom is -0.455 e. The van der Waals surface area contributed by atoms with Crippen molar-refractivity contribution in [3.63, 3.8) is 0 Å². The van der Waals surface area contributed by atoms with Gasteiger partial charge in [-0.2, -0.15) is 0 Å². The van der Waals surface area contributed by atoms with Gasteiger partial charge in [-0.05, 0) is 76.0 Å². The fourth-order valence-electron chi connectivity index (χ4n) is 8.24. The summed E-state index contributed by atoms with van der Waals surface area (Å²) in [4.78, 5) is 17.7. The van der Waals surface area contributed by atoms with Crippen LogP contribution in [0.4, 0.5) is 17.1 Å². The van der Waals surface area contributed by atoms with Crippen LogP contribution in [0, 0.1) is 0 Å². The second-order valence-electron chi connectivity index (χ2n) is 14.8. The molecule has 0 aliphatic carbocycles. The van der Waals surface area contributed by atoms with Crippen molar-refractivity contribution in [1.82, 2.24) is 15.0 Å². The first-order chi connectivity index (χ1) is 29.7. The molecule has 0 spiro atoms. The number of benzene rings is 9. The van der Waals surface area contributed by atoms with Crippen molar-refractivity contribution in [2.24, 2.45) is 0 Å². The van der Waals surface area contributed by atoms with Gasteiger partial charge >= 0.3 is 0 Å². The van der Waals surface area contributed by atoms with Crippen LogP contribution in [0.25, 0.3) is 89.1 Å². The summed E-state index contributed by atoms with van der Waals surface area (Å²) in [6.45, 7) is 0. The zero-order valence-corrected chi connectivity index (χ0v) is 32.5. The molecule has 5 nitrogen and oxygen atoms in total. The number of fused-ring (bicyclic) bond motifs is 5. The SMILES string of the molecule is c1ccc(-c2ccc(-c3nc(-c4ccccc4)nc(-c4cccc5oc6c(-c7ccc(N(c8ccccc8)c8ccccc8)cc7)cc7ccccc7c6c45)n3)cc2)cc1. The predicted molar refractivity (Wildman–Crippen MR) is 246 cm³/mol. The molecule has 5 heteroatoms. The van der Waals surface area contributed by atoms with Gasteiger partial charge in [0, 0.05) is 50.1 Å². The van der Waals surface area contributed by atoms with Gasteiger partial charge in [-0.1, -0.05) is 170 Å². The van der Waals surface area contributed by atoms with Gasteiger partial charge in [0.25, 0.3) is 0 Å². The summed E-state index contributed by atoms with van der Waals surface area (Å²) >= 11 is 0. The molecule has 2 heterocycles. The lowest BCUT2D eigenvalue weighted by molar-refractivity contribution is 0.670. The summed E-state index contributed by atoms with van der Waals surface area (Å²) in [6.07, 6.45) is 0. The van der Waals surface area contributed by atoms with Crippen molar-refractivity contribution in [2.75, 3.05) is 4.90 Å². The lowest BCUT2D eigenvalue weighted by atomic mass is 9.94. The number of para-hydroxylation sites is 2. The van der Waals surface area contributed by atoms with Gasteiger partial charge in [0.2, 0.25) is 0 Å². The Kier molecular flexibility index (Phi) is 8.75. The first-order valence-corrected chi connectivity index (χ1v) is 20.1. The second-order valence-corrected chi connectivity index (χ2v) is 14.8. The van der Waals surface area contributed by atoms with E-state index in [0.29, 0.717) is 17.5 Å². The van der Waals surface area contributed by atoms with Crippen molar-refractivity contribution >= 4 is 49.8 Å². The predicted octanol–water partition coefficient (Wildman–Crippen LogP) is 14.7. The van der Waals surface area contributed by atoms with E-state index in [2.05, 4.69) is 163 Å². The molecule has 0 fully saturated rings. The molecule has 0 amide bonds. The molecule has 0 radical (unpaired) electrons. The Balaban J connectivity index is 1.08. The summed E-state index contributed by atoms with van der Waals surface area (Å²) < 4.78 is 6.93. The van der Waals surface area contributed by atoms with Crippen LogP contribution in [0.15, 0.2) is 223 Å². The Bertz CT molecular complexity index is 3240. The number of anilines is 3. The van der Waals surface area contributed by atoms with E-state index in [4.69, 9.17) is 19.4 Å². The van der Waals surface area contributed by atoms with E-state index in [0.717, 1.165) is 88.7 Å². The van der Waals surface area contributed by atoms with E-state index in [1.54, 1.807) is 0 Å². The van der Waals surface area contributed by atoms with Crippen LogP contribution in [0.3, 0.4) is 0 Å². The number of hydrogen-bond acceptors (Lipinski definition) is 5. The maximum Gasteiger partial charge on any atom is 0.164 e. The van der Waals surface area contributed by atoms with Crippen LogP contribution < -0.4 is 4.90 Å². The second kappa shape index (κ2) is 15.0. The van der Waals surface area contributed by atoms with E-state index >= 15 is 0 Å². The molecule has 0 unspecified atom stereocenters. The molecule has 282 valence electrons. The van der Waals surface area contributed by atoms with Crippen LogP contribution in [0.5, 0.6) is 0 Å². The maximum absolute atomic E-state index is 6.93. The lowest BCUT2D eigenvalue weighted by Gasteiger charge is -2.25. The van der Waals surface area contributed by atoms with Crippen molar-refractivity contribution in [3.05, 3.63) is 218 Å². The van der Waals surface area contributed by atoms with Crippen LogP contribution in [-0.4, -0.2) is 15.0 Å². The molecule has 2 aromatic heterocycles. The smallest absolute Gasteiger partial charge is 0.164 e. The lowest BCUT2D eigenvalue weighted by Crippen LogP contribution is -2.09. The summed E-state index contributed by atoms with van der Waals surface area (Å²) in [5, 5.41) is 4.23. The zero-order chi connectivity index (χ0) is 39.8. The molecular weight excluding hydrogens is 733 g/mol. The van der Waals surface area contributed by atoms with Gasteiger partial charge in [0.15, 0.2) is 17.5 Å². The molecule has 9 aromatic carbocycles. The Labute approximate surface area is 347 Å². The van der Waals surface area contributed by atoms with Crippen molar-refractivity contribution in [2.45, 2.75) is 0 Å². The molecule has 60 heavy (non-hydrogen) atoms. The summed E-state index contributed by atoms with van der Waals surface area (Å²) in [5.74, 6) is 1.80. The van der Waals surface area contributed by atoms with E-state index < -0.39 is 0 Å². The normalized spacial score (nSPS) is 11.3. The highest BCUT2D eigenvalue weighted by Gasteiger charge is 2.22. The highest BCUT2D eigenvalue weighted by molar-refractivity contribution is 6.25. The molecule has 0 saturated heterocycles. The van der Waals surface area contributed by atoms with E-state index in [9.17, 15) is 0 Å². The Hall–Kier alpha value is -8.15. The monoisotopic (exact) mass is 768 g/mol. The summed E-state index contributed by atoms with van der Waals surface area (Å²) in [6, 6.07) is 75.6. The van der Waals surface area contributed by atoms with Crippen LogP contribution in [-0.2, 0) is 0 Å². The quantitative estimate of drug-likeness (QED) is 0.154. The standard InChI is InChI=1S/C55H36N4O/c1-5-16-37(17-6-1)38-28-30-41(31-29-38)54-56-53(40-18-7-2-8-19-40)57-55(58-54)47-26-15-27-49-50(47)51-46-25-14-13-20-42(46)36-48(52(51)60-49)39-32-34-45(35-33-39)59(43-21-9-3-10-22-43)44-23-11-4-12-24-44/h1-36H. The van der Waals surface area contributed by atoms with Gasteiger partial charge in [-0.25, -0.2) is 15.0 Å². The molecule has 0 saturated carbocycles. The number of hydrogen-bond donors (Lipinski definition) is 0. The van der Waals surface area contributed by atoms with Crippen LogP contribution in [0.2, 0.25) is 0 Å². The molecule has 0 aliphatic rings. The van der Waals surface area contributed by atoms with Gasteiger partial charge < -0.3 is 9.32 Å². The molecule has 11 aromatic rings. The highest BCUT2D eigenvalue weighted by atomic mass is 16.3. The van der Waals surface area contributed by atoms with Crippen LogP contribution in [0.1, 0.15) is 0 Å².